The Morgan fingerprint density at radius 1 is 0.833 bits per heavy atom. The molecule has 3 nitrogen and oxygen atoms in total. The minimum Gasteiger partial charge on any atom is -0.267 e. The Kier molecular flexibility index (Phi) is 5.43. The van der Waals surface area contributed by atoms with Crippen molar-refractivity contribution in [2.45, 2.75) is 9.79 Å². The van der Waals surface area contributed by atoms with Gasteiger partial charge in [0.05, 0.1) is 11.8 Å². The zero-order valence-electron chi connectivity index (χ0n) is 12.9. The Morgan fingerprint density at radius 2 is 1.46 bits per heavy atom. The van der Waals surface area contributed by atoms with Gasteiger partial charge in [0.15, 0.2) is 0 Å². The predicted octanol–water partition coefficient (Wildman–Crippen LogP) is 4.60. The summed E-state index contributed by atoms with van der Waals surface area (Å²) < 4.78 is 0. The Hall–Kier alpha value is -2.85. The Bertz CT molecular complexity index is 833. The normalized spacial score (nSPS) is 10.7. The van der Waals surface area contributed by atoms with E-state index in [1.165, 1.54) is 0 Å². The number of benzene rings is 3. The van der Waals surface area contributed by atoms with Crippen LogP contribution in [-0.2, 0) is 0 Å². The highest BCUT2D eigenvalue weighted by atomic mass is 32.2. The lowest BCUT2D eigenvalue weighted by atomic mass is 10.2. The zero-order valence-corrected chi connectivity index (χ0v) is 13.7. The van der Waals surface area contributed by atoms with Crippen molar-refractivity contribution in [1.29, 1.82) is 0 Å². The molecule has 0 bridgehead atoms. The van der Waals surface area contributed by atoms with Crippen LogP contribution in [-0.4, -0.2) is 12.1 Å². The van der Waals surface area contributed by atoms with E-state index in [1.807, 2.05) is 78.9 Å². The van der Waals surface area contributed by atoms with Gasteiger partial charge in [0.2, 0.25) is 0 Å². The van der Waals surface area contributed by atoms with Crippen LogP contribution >= 0.6 is 11.8 Å². The number of nitrogens with one attached hydrogen (secondary N) is 1. The van der Waals surface area contributed by atoms with Crippen LogP contribution in [0.25, 0.3) is 0 Å². The molecule has 1 N–H and O–H groups in total. The van der Waals surface area contributed by atoms with Crippen LogP contribution < -0.4 is 5.43 Å². The lowest BCUT2D eigenvalue weighted by Gasteiger charge is -2.07. The van der Waals surface area contributed by atoms with Crippen molar-refractivity contribution in [3.63, 3.8) is 0 Å². The maximum atomic E-state index is 12.4. The maximum absolute atomic E-state index is 12.4. The van der Waals surface area contributed by atoms with Gasteiger partial charge >= 0.3 is 0 Å². The molecule has 0 aliphatic carbocycles. The highest BCUT2D eigenvalue weighted by Gasteiger charge is 2.11. The monoisotopic (exact) mass is 332 g/mol. The van der Waals surface area contributed by atoms with Gasteiger partial charge in [0, 0.05) is 9.79 Å². The number of amides is 1. The van der Waals surface area contributed by atoms with E-state index in [4.69, 9.17) is 0 Å². The van der Waals surface area contributed by atoms with Gasteiger partial charge < -0.3 is 0 Å². The van der Waals surface area contributed by atoms with E-state index in [1.54, 1.807) is 24.0 Å². The molecule has 24 heavy (non-hydrogen) atoms. The van der Waals surface area contributed by atoms with Crippen molar-refractivity contribution in [2.75, 3.05) is 0 Å². The zero-order chi connectivity index (χ0) is 16.6. The van der Waals surface area contributed by atoms with Crippen LogP contribution in [0.2, 0.25) is 0 Å². The van der Waals surface area contributed by atoms with Gasteiger partial charge in [-0.25, -0.2) is 5.43 Å². The molecule has 0 aromatic heterocycles. The summed E-state index contributed by atoms with van der Waals surface area (Å²) in [7, 11) is 0. The average molecular weight is 332 g/mol. The minimum absolute atomic E-state index is 0.221. The Morgan fingerprint density at radius 3 is 2.21 bits per heavy atom. The van der Waals surface area contributed by atoms with Gasteiger partial charge in [-0.2, -0.15) is 5.10 Å². The molecule has 0 aliphatic heterocycles. The number of nitrogens with zero attached hydrogens (tertiary/aromatic N) is 1. The first-order chi connectivity index (χ1) is 11.8. The summed E-state index contributed by atoms with van der Waals surface area (Å²) in [6.45, 7) is 0. The van der Waals surface area contributed by atoms with Gasteiger partial charge in [-0.15, -0.1) is 0 Å². The third kappa shape index (κ3) is 4.33. The van der Waals surface area contributed by atoms with Gasteiger partial charge in [-0.1, -0.05) is 72.4 Å². The van der Waals surface area contributed by atoms with Crippen molar-refractivity contribution in [3.8, 4) is 0 Å². The standard InChI is InChI=1S/C20H16N2OS/c23-20(22-21-15-16-9-3-1-4-10-16)18-13-7-8-14-19(18)24-17-11-5-2-6-12-17/h1-15H,(H,22,23). The molecule has 3 aromatic rings. The van der Waals surface area contributed by atoms with Crippen LogP contribution in [0, 0.1) is 0 Å². The quantitative estimate of drug-likeness (QED) is 0.548. The first kappa shape index (κ1) is 16.0. The Labute approximate surface area is 145 Å². The van der Waals surface area contributed by atoms with Crippen LogP contribution in [0.5, 0.6) is 0 Å². The molecule has 0 saturated carbocycles. The summed E-state index contributed by atoms with van der Waals surface area (Å²) in [6.07, 6.45) is 1.63. The molecule has 3 rings (SSSR count). The fourth-order valence-corrected chi connectivity index (χ4v) is 3.09. The smallest absolute Gasteiger partial charge is 0.267 e. The second kappa shape index (κ2) is 8.13. The average Bonchev–Trinajstić information content (AvgIpc) is 2.64. The van der Waals surface area contributed by atoms with Gasteiger partial charge in [0.1, 0.15) is 0 Å². The first-order valence-corrected chi connectivity index (χ1v) is 8.35. The van der Waals surface area contributed by atoms with Gasteiger partial charge in [-0.3, -0.25) is 4.79 Å². The van der Waals surface area contributed by atoms with Gasteiger partial charge in [-0.05, 0) is 29.8 Å². The molecule has 1 amide bonds. The molecule has 0 spiro atoms. The predicted molar refractivity (Wildman–Crippen MR) is 98.5 cm³/mol. The molecule has 118 valence electrons. The van der Waals surface area contributed by atoms with Crippen molar-refractivity contribution < 1.29 is 4.79 Å². The third-order valence-electron chi connectivity index (χ3n) is 3.28. The fourth-order valence-electron chi connectivity index (χ4n) is 2.12. The summed E-state index contributed by atoms with van der Waals surface area (Å²) in [5.41, 5.74) is 4.13. The highest BCUT2D eigenvalue weighted by Crippen LogP contribution is 2.30. The molecule has 0 unspecified atom stereocenters. The first-order valence-electron chi connectivity index (χ1n) is 7.53. The SMILES string of the molecule is O=C(NN=Cc1ccccc1)c1ccccc1Sc1ccccc1. The topological polar surface area (TPSA) is 41.5 Å². The molecule has 0 atom stereocenters. The number of carbonyl (C=O) groups excluding carboxylic acids is 1. The van der Waals surface area contributed by atoms with Crippen molar-refractivity contribution in [1.82, 2.24) is 5.43 Å². The number of hydrazone groups is 1. The molecular weight excluding hydrogens is 316 g/mol. The summed E-state index contributed by atoms with van der Waals surface area (Å²) in [6, 6.07) is 27.1. The number of carbonyl (C=O) groups is 1. The number of hydrogen-bond acceptors (Lipinski definition) is 3. The van der Waals surface area contributed by atoms with Crippen LogP contribution in [0.15, 0.2) is 99.8 Å². The molecule has 0 saturated heterocycles. The molecule has 0 fully saturated rings. The maximum Gasteiger partial charge on any atom is 0.272 e. The molecule has 4 heteroatoms. The number of hydrogen-bond donors (Lipinski definition) is 1. The fraction of sp³-hybridized carbons (Fsp3) is 0. The van der Waals surface area contributed by atoms with E-state index in [2.05, 4.69) is 10.5 Å². The van der Waals surface area contributed by atoms with Crippen molar-refractivity contribution in [3.05, 3.63) is 96.1 Å². The number of rotatable bonds is 5. The summed E-state index contributed by atoms with van der Waals surface area (Å²) in [4.78, 5) is 14.4. The second-order valence-corrected chi connectivity index (χ2v) is 6.14. The van der Waals surface area contributed by atoms with E-state index in [-0.39, 0.29) is 5.91 Å². The molecule has 0 radical (unpaired) electrons. The highest BCUT2D eigenvalue weighted by molar-refractivity contribution is 7.99. The lowest BCUT2D eigenvalue weighted by molar-refractivity contribution is 0.0952. The van der Waals surface area contributed by atoms with Crippen molar-refractivity contribution in [2.24, 2.45) is 5.10 Å². The second-order valence-electron chi connectivity index (χ2n) is 5.02. The van der Waals surface area contributed by atoms with Crippen LogP contribution in [0.4, 0.5) is 0 Å². The molecule has 3 aromatic carbocycles. The molecular formula is C20H16N2OS. The lowest BCUT2D eigenvalue weighted by Crippen LogP contribution is -2.18. The largest absolute Gasteiger partial charge is 0.272 e. The van der Waals surface area contributed by atoms with Crippen LogP contribution in [0.1, 0.15) is 15.9 Å². The molecule has 0 aliphatic rings. The van der Waals surface area contributed by atoms with E-state index in [9.17, 15) is 4.79 Å². The third-order valence-corrected chi connectivity index (χ3v) is 4.37. The Balaban J connectivity index is 1.72. The molecule has 0 heterocycles. The van der Waals surface area contributed by atoms with Gasteiger partial charge in [0.25, 0.3) is 5.91 Å². The van der Waals surface area contributed by atoms with Crippen LogP contribution in [0.3, 0.4) is 0 Å². The van der Waals surface area contributed by atoms with E-state index >= 15 is 0 Å². The minimum atomic E-state index is -0.221. The van der Waals surface area contributed by atoms with E-state index in [0.717, 1.165) is 15.4 Å². The van der Waals surface area contributed by atoms with E-state index in [0.29, 0.717) is 5.56 Å². The van der Waals surface area contributed by atoms with Crippen molar-refractivity contribution >= 4 is 23.9 Å². The summed E-state index contributed by atoms with van der Waals surface area (Å²) in [5.74, 6) is -0.221. The summed E-state index contributed by atoms with van der Waals surface area (Å²) in [5, 5.41) is 4.03. The summed E-state index contributed by atoms with van der Waals surface area (Å²) >= 11 is 1.56. The van der Waals surface area contributed by atoms with E-state index < -0.39 is 0 Å².